The Balaban J connectivity index is 1.38. The number of pyridine rings is 1. The van der Waals surface area contributed by atoms with Crippen LogP contribution in [0.5, 0.6) is 0 Å². The summed E-state index contributed by atoms with van der Waals surface area (Å²) in [6.07, 6.45) is 5.88. The van der Waals surface area contributed by atoms with Crippen molar-refractivity contribution in [1.29, 1.82) is 0 Å². The lowest BCUT2D eigenvalue weighted by atomic mass is 10.2. The van der Waals surface area contributed by atoms with E-state index in [1.165, 1.54) is 18.3 Å². The van der Waals surface area contributed by atoms with Gasteiger partial charge in [0.2, 0.25) is 5.91 Å². The van der Waals surface area contributed by atoms with Crippen molar-refractivity contribution >= 4 is 33.9 Å². The molecule has 0 radical (unpaired) electrons. The van der Waals surface area contributed by atoms with Gasteiger partial charge in [-0.1, -0.05) is 0 Å². The Labute approximate surface area is 169 Å². The zero-order valence-electron chi connectivity index (χ0n) is 15.5. The molecule has 0 spiro atoms. The van der Waals surface area contributed by atoms with Gasteiger partial charge in [-0.15, -0.1) is 11.3 Å². The van der Waals surface area contributed by atoms with E-state index >= 15 is 0 Å². The van der Waals surface area contributed by atoms with Gasteiger partial charge < -0.3 is 10.6 Å². The second-order valence-corrected chi connectivity index (χ2v) is 7.07. The molecule has 10 heteroatoms. The Bertz CT molecular complexity index is 1170. The monoisotopic (exact) mass is 407 g/mol. The molecule has 2 N–H and O–H groups in total. The van der Waals surface area contributed by atoms with Gasteiger partial charge >= 0.3 is 0 Å². The number of hydrogen-bond donors (Lipinski definition) is 2. The van der Waals surface area contributed by atoms with Crippen LogP contribution in [-0.2, 0) is 11.2 Å². The quantitative estimate of drug-likeness (QED) is 0.506. The molecule has 0 aliphatic heterocycles. The van der Waals surface area contributed by atoms with E-state index in [0.29, 0.717) is 18.1 Å². The SMILES string of the molecule is CC(=O)Nc1nc(C(=O)NCCc2cc3nc(-c4ccncc4)ccn3n2)cs1. The Morgan fingerprint density at radius 3 is 2.79 bits per heavy atom. The highest BCUT2D eigenvalue weighted by molar-refractivity contribution is 7.14. The van der Waals surface area contributed by atoms with Crippen LogP contribution in [0.25, 0.3) is 16.9 Å². The molecule has 4 aromatic heterocycles. The molecule has 0 aliphatic carbocycles. The summed E-state index contributed by atoms with van der Waals surface area (Å²) in [6.45, 7) is 1.80. The minimum absolute atomic E-state index is 0.223. The maximum absolute atomic E-state index is 12.2. The topological polar surface area (TPSA) is 114 Å². The second kappa shape index (κ2) is 8.15. The van der Waals surface area contributed by atoms with Crippen LogP contribution in [0.4, 0.5) is 5.13 Å². The number of carbonyl (C=O) groups is 2. The van der Waals surface area contributed by atoms with Gasteiger partial charge in [0.05, 0.1) is 11.4 Å². The van der Waals surface area contributed by atoms with E-state index in [2.05, 4.69) is 30.7 Å². The molecular weight excluding hydrogens is 390 g/mol. The van der Waals surface area contributed by atoms with Gasteiger partial charge in [0.25, 0.3) is 5.91 Å². The van der Waals surface area contributed by atoms with Crippen LogP contribution in [0.1, 0.15) is 23.1 Å². The first-order valence-corrected chi connectivity index (χ1v) is 9.73. The van der Waals surface area contributed by atoms with Crippen LogP contribution in [-0.4, -0.2) is 42.9 Å². The first-order chi connectivity index (χ1) is 14.1. The summed E-state index contributed by atoms with van der Waals surface area (Å²) in [5.74, 6) is -0.515. The maximum Gasteiger partial charge on any atom is 0.270 e. The molecule has 0 aliphatic rings. The average molecular weight is 407 g/mol. The van der Waals surface area contributed by atoms with E-state index in [4.69, 9.17) is 0 Å². The lowest BCUT2D eigenvalue weighted by Gasteiger charge is -2.01. The number of nitrogens with one attached hydrogen (secondary N) is 2. The number of anilines is 1. The molecule has 146 valence electrons. The van der Waals surface area contributed by atoms with E-state index in [9.17, 15) is 9.59 Å². The van der Waals surface area contributed by atoms with Crippen molar-refractivity contribution in [2.24, 2.45) is 0 Å². The minimum Gasteiger partial charge on any atom is -0.350 e. The van der Waals surface area contributed by atoms with E-state index in [1.54, 1.807) is 22.3 Å². The summed E-state index contributed by atoms with van der Waals surface area (Å²) in [6, 6.07) is 7.60. The third-order valence-electron chi connectivity index (χ3n) is 4.04. The Hall–Kier alpha value is -3.66. The summed E-state index contributed by atoms with van der Waals surface area (Å²) in [7, 11) is 0. The second-order valence-electron chi connectivity index (χ2n) is 6.21. The summed E-state index contributed by atoms with van der Waals surface area (Å²) in [5.41, 5.74) is 3.66. The van der Waals surface area contributed by atoms with Crippen molar-refractivity contribution in [1.82, 2.24) is 29.9 Å². The van der Waals surface area contributed by atoms with E-state index < -0.39 is 0 Å². The van der Waals surface area contributed by atoms with Crippen LogP contribution in [0.2, 0.25) is 0 Å². The zero-order chi connectivity index (χ0) is 20.2. The molecule has 2 amide bonds. The number of fused-ring (bicyclic) bond motifs is 1. The molecule has 0 unspecified atom stereocenters. The van der Waals surface area contributed by atoms with Gasteiger partial charge in [0.15, 0.2) is 10.8 Å². The van der Waals surface area contributed by atoms with Crippen LogP contribution < -0.4 is 10.6 Å². The highest BCUT2D eigenvalue weighted by Gasteiger charge is 2.12. The number of hydrogen-bond acceptors (Lipinski definition) is 7. The summed E-state index contributed by atoms with van der Waals surface area (Å²) in [4.78, 5) is 36.0. The van der Waals surface area contributed by atoms with Crippen molar-refractivity contribution in [2.45, 2.75) is 13.3 Å². The largest absolute Gasteiger partial charge is 0.350 e. The molecular formula is C19H17N7O2S. The normalized spacial score (nSPS) is 10.8. The fourth-order valence-electron chi connectivity index (χ4n) is 2.72. The Morgan fingerprint density at radius 2 is 2.00 bits per heavy atom. The number of nitrogens with zero attached hydrogens (tertiary/aromatic N) is 5. The fraction of sp³-hybridized carbons (Fsp3) is 0.158. The fourth-order valence-corrected chi connectivity index (χ4v) is 3.45. The predicted octanol–water partition coefficient (Wildman–Crippen LogP) is 2.18. The Morgan fingerprint density at radius 1 is 1.17 bits per heavy atom. The molecule has 4 heterocycles. The van der Waals surface area contributed by atoms with Crippen LogP contribution in [0, 0.1) is 0 Å². The van der Waals surface area contributed by atoms with Crippen molar-refractivity contribution in [3.63, 3.8) is 0 Å². The molecule has 0 aromatic carbocycles. The highest BCUT2D eigenvalue weighted by Crippen LogP contribution is 2.17. The maximum atomic E-state index is 12.2. The predicted molar refractivity (Wildman–Crippen MR) is 109 cm³/mol. The average Bonchev–Trinajstić information content (AvgIpc) is 3.34. The number of aromatic nitrogens is 5. The lowest BCUT2D eigenvalue weighted by Crippen LogP contribution is -2.26. The third kappa shape index (κ3) is 4.43. The van der Waals surface area contributed by atoms with E-state index in [0.717, 1.165) is 22.6 Å². The van der Waals surface area contributed by atoms with Gasteiger partial charge in [0, 0.05) is 55.5 Å². The van der Waals surface area contributed by atoms with Crippen molar-refractivity contribution < 1.29 is 9.59 Å². The standard InChI is InChI=1S/C19H17N7O2S/c1-12(27)22-19-24-16(11-29-19)18(28)21-8-4-14-10-17-23-15(5-9-26(17)25-14)13-2-6-20-7-3-13/h2-3,5-7,9-11H,4,8H2,1H3,(H,21,28)(H,22,24,27). The smallest absolute Gasteiger partial charge is 0.270 e. The molecule has 0 saturated carbocycles. The van der Waals surface area contributed by atoms with Gasteiger partial charge in [-0.3, -0.25) is 14.6 Å². The zero-order valence-corrected chi connectivity index (χ0v) is 16.3. The van der Waals surface area contributed by atoms with Crippen LogP contribution in [0.15, 0.2) is 48.2 Å². The molecule has 29 heavy (non-hydrogen) atoms. The molecule has 0 fully saturated rings. The van der Waals surface area contributed by atoms with Crippen molar-refractivity contribution in [2.75, 3.05) is 11.9 Å². The van der Waals surface area contributed by atoms with Crippen molar-refractivity contribution in [3.05, 3.63) is 59.6 Å². The van der Waals surface area contributed by atoms with Crippen LogP contribution >= 0.6 is 11.3 Å². The molecule has 0 bridgehead atoms. The number of carbonyl (C=O) groups excluding carboxylic acids is 2. The number of thiazole rings is 1. The molecule has 4 aromatic rings. The van der Waals surface area contributed by atoms with Gasteiger partial charge in [-0.05, 0) is 18.2 Å². The van der Waals surface area contributed by atoms with E-state index in [1.807, 2.05) is 30.5 Å². The van der Waals surface area contributed by atoms with E-state index in [-0.39, 0.29) is 17.5 Å². The van der Waals surface area contributed by atoms with Crippen LogP contribution in [0.3, 0.4) is 0 Å². The third-order valence-corrected chi connectivity index (χ3v) is 4.80. The molecule has 0 saturated heterocycles. The minimum atomic E-state index is -0.292. The molecule has 0 atom stereocenters. The van der Waals surface area contributed by atoms with Gasteiger partial charge in [0.1, 0.15) is 5.69 Å². The Kier molecular flexibility index (Phi) is 5.25. The highest BCUT2D eigenvalue weighted by atomic mass is 32.1. The summed E-state index contributed by atoms with van der Waals surface area (Å²) < 4.78 is 1.71. The van der Waals surface area contributed by atoms with Gasteiger partial charge in [-0.2, -0.15) is 5.10 Å². The summed E-state index contributed by atoms with van der Waals surface area (Å²) in [5, 5.41) is 11.9. The number of amides is 2. The van der Waals surface area contributed by atoms with Crippen molar-refractivity contribution in [3.8, 4) is 11.3 Å². The first kappa shape index (κ1) is 18.7. The lowest BCUT2D eigenvalue weighted by molar-refractivity contribution is -0.114. The first-order valence-electron chi connectivity index (χ1n) is 8.85. The molecule has 9 nitrogen and oxygen atoms in total. The molecule has 4 rings (SSSR count). The number of rotatable bonds is 6. The van der Waals surface area contributed by atoms with Gasteiger partial charge in [-0.25, -0.2) is 14.5 Å². The summed E-state index contributed by atoms with van der Waals surface area (Å²) >= 11 is 1.21.